The number of phenols is 1. The first-order valence-electron chi connectivity index (χ1n) is 22.8. The highest BCUT2D eigenvalue weighted by Crippen LogP contribution is 2.14. The van der Waals surface area contributed by atoms with Crippen LogP contribution in [0.25, 0.3) is 0 Å². The number of carboxylic acid groups (broad SMARTS) is 2. The van der Waals surface area contributed by atoms with Crippen LogP contribution < -0.4 is 53.6 Å². The average molecular weight is 1010 g/mol. The summed E-state index contributed by atoms with van der Waals surface area (Å²) in [4.78, 5) is 131. The number of hydrogen-bond acceptors (Lipinski definition) is 15. The molecule has 69 heavy (non-hydrogen) atoms. The number of carboxylic acids is 2. The molecule has 8 amide bonds. The van der Waals surface area contributed by atoms with Gasteiger partial charge >= 0.3 is 11.9 Å². The molecule has 1 aromatic rings. The van der Waals surface area contributed by atoms with E-state index in [2.05, 4.69) is 73.1 Å². The maximum atomic E-state index is 13.7. The number of aliphatic carboxylic acids is 2. The van der Waals surface area contributed by atoms with E-state index < -0.39 is 126 Å². The van der Waals surface area contributed by atoms with Gasteiger partial charge in [-0.3, -0.25) is 43.2 Å². The zero-order valence-electron chi connectivity index (χ0n) is 39.5. The summed E-state index contributed by atoms with van der Waals surface area (Å²) in [6.45, 7) is 8.96. The van der Waals surface area contributed by atoms with E-state index in [1.54, 1.807) is 39.8 Å². The summed E-state index contributed by atoms with van der Waals surface area (Å²) in [5, 5.41) is 51.9. The molecule has 2 rings (SSSR count). The third-order valence-electron chi connectivity index (χ3n) is 10.9. The van der Waals surface area contributed by atoms with Gasteiger partial charge in [-0.05, 0) is 88.1 Å². The second-order valence-corrected chi connectivity index (χ2v) is 18.3. The third-order valence-corrected chi connectivity index (χ3v) is 11.7. The summed E-state index contributed by atoms with van der Waals surface area (Å²) in [5.74, 6) is -10.8. The number of aromatic hydroxyl groups is 1. The van der Waals surface area contributed by atoms with Gasteiger partial charge in [-0.25, -0.2) is 4.79 Å². The number of carbonyl (C=O) groups excluding carboxylic acids is 8. The molecule has 0 radical (unpaired) electrons. The van der Waals surface area contributed by atoms with E-state index >= 15 is 0 Å². The summed E-state index contributed by atoms with van der Waals surface area (Å²) in [7, 11) is 0. The third kappa shape index (κ3) is 20.8. The second kappa shape index (κ2) is 30.1. The van der Waals surface area contributed by atoms with Crippen LogP contribution in [0.4, 0.5) is 0 Å². The number of nitrogens with one attached hydrogen (secondary N) is 9. The Balaban J connectivity index is 2.19. The lowest BCUT2D eigenvalue weighted by atomic mass is 10.0. The topological polar surface area (TPSA) is 366 Å². The largest absolute Gasteiger partial charge is 0.508 e. The molecule has 1 aliphatic heterocycles. The first-order chi connectivity index (χ1) is 32.5. The Hall–Kier alpha value is -5.66. The number of rotatable bonds is 30. The summed E-state index contributed by atoms with van der Waals surface area (Å²) in [6.07, 6.45) is 1.17. The van der Waals surface area contributed by atoms with Crippen molar-refractivity contribution < 1.29 is 63.3 Å². The molecule has 0 aliphatic carbocycles. The van der Waals surface area contributed by atoms with Crippen molar-refractivity contribution in [2.75, 3.05) is 24.6 Å². The molecule has 23 nitrogen and oxygen atoms in total. The van der Waals surface area contributed by atoms with Crippen LogP contribution in [0.3, 0.4) is 0 Å². The minimum atomic E-state index is -1.81. The van der Waals surface area contributed by atoms with Crippen molar-refractivity contribution in [3.8, 4) is 5.75 Å². The molecule has 0 spiro atoms. The molecule has 386 valence electrons. The molecule has 1 aromatic carbocycles. The summed E-state index contributed by atoms with van der Waals surface area (Å²) in [6, 6.07) is -5.43. The van der Waals surface area contributed by atoms with Gasteiger partial charge in [-0.15, -0.1) is 0 Å². The van der Waals surface area contributed by atoms with Crippen LogP contribution in [0.5, 0.6) is 5.75 Å². The number of thiol groups is 2. The lowest BCUT2D eigenvalue weighted by Gasteiger charge is -2.28. The Morgan fingerprint density at radius 3 is 1.68 bits per heavy atom. The predicted molar refractivity (Wildman–Crippen MR) is 259 cm³/mol. The summed E-state index contributed by atoms with van der Waals surface area (Å²) < 4.78 is 0. The van der Waals surface area contributed by atoms with E-state index in [9.17, 15) is 63.3 Å². The van der Waals surface area contributed by atoms with Crippen molar-refractivity contribution in [2.45, 2.75) is 140 Å². The first-order valence-corrected chi connectivity index (χ1v) is 24.1. The van der Waals surface area contributed by atoms with Crippen molar-refractivity contribution >= 4 is 84.5 Å². The molecule has 1 heterocycles. The molecule has 1 aliphatic rings. The fourth-order valence-electron chi connectivity index (χ4n) is 7.03. The quantitative estimate of drug-likeness (QED) is 0.0288. The average Bonchev–Trinajstić information content (AvgIpc) is 3.83. The molecule has 1 saturated heterocycles. The Morgan fingerprint density at radius 2 is 1.17 bits per heavy atom. The number of nitrogens with two attached hydrogens (primary N) is 1. The standard InChI is InChI=1S/C44H70N10O13S2/c1-22(2)17-31(44(66)67)51-42(64)32(20-68)52-38(60)28(9-6-7-15-45)48-40(62)30(19-34(56)57)50-41(63)33(21-69)53-43(65)35(23(3)4)54-36(58)24(5)47-39(61)29(18-25-11-13-26(55)14-12-25)49-37(59)27-10-8-16-46-27/h11-14,22-24,27-33,35,46,55,68-69H,6-10,15-21,45H2,1-5H3,(H,47,61)(H,48,62)(H,49,59)(H,50,63)(H,51,64)(H,52,60)(H,53,65)(H,54,58)(H,56,57)(H,66,67)/t24-,27-,28-,29-,30-,31-,32-,33-,35-/m0/s1. The zero-order chi connectivity index (χ0) is 52.0. The fraction of sp³-hybridized carbons (Fsp3) is 0.636. The van der Waals surface area contributed by atoms with Crippen molar-refractivity contribution in [1.82, 2.24) is 47.9 Å². The molecular formula is C44H70N10O13S2. The Bertz CT molecular complexity index is 1940. The van der Waals surface area contributed by atoms with Crippen molar-refractivity contribution in [1.29, 1.82) is 0 Å². The SMILES string of the molecule is CC(C)C[C@H](NC(=O)[C@H](CS)NC(=O)[C@H](CCCCN)NC(=O)[C@H](CC(=O)O)NC(=O)[C@H](CS)NC(=O)[C@@H](NC(=O)[C@H](C)NC(=O)[C@H](Cc1ccc(O)cc1)NC(=O)[C@@H]1CCCN1)C(C)C)C(=O)O. The molecule has 25 heteroatoms. The van der Waals surface area contributed by atoms with Crippen LogP contribution in [0.15, 0.2) is 24.3 Å². The van der Waals surface area contributed by atoms with Crippen molar-refractivity contribution in [3.63, 3.8) is 0 Å². The smallest absolute Gasteiger partial charge is 0.326 e. The van der Waals surface area contributed by atoms with Crippen LogP contribution in [-0.4, -0.2) is 153 Å². The van der Waals surface area contributed by atoms with Gasteiger partial charge in [-0.2, -0.15) is 25.3 Å². The zero-order valence-corrected chi connectivity index (χ0v) is 41.3. The van der Waals surface area contributed by atoms with Crippen LogP contribution in [0.1, 0.15) is 85.1 Å². The van der Waals surface area contributed by atoms with Crippen LogP contribution in [0, 0.1) is 11.8 Å². The van der Waals surface area contributed by atoms with E-state index in [0.717, 1.165) is 6.42 Å². The lowest BCUT2D eigenvalue weighted by molar-refractivity contribution is -0.142. The van der Waals surface area contributed by atoms with Gasteiger partial charge in [0.05, 0.1) is 12.5 Å². The van der Waals surface area contributed by atoms with E-state index in [1.807, 2.05) is 0 Å². The molecule has 1 fully saturated rings. The fourth-order valence-corrected chi connectivity index (χ4v) is 7.54. The van der Waals surface area contributed by atoms with Gasteiger partial charge < -0.3 is 68.9 Å². The Morgan fingerprint density at radius 1 is 0.652 bits per heavy atom. The monoisotopic (exact) mass is 1010 g/mol. The maximum Gasteiger partial charge on any atom is 0.326 e. The van der Waals surface area contributed by atoms with Crippen LogP contribution in [0.2, 0.25) is 0 Å². The molecule has 0 bridgehead atoms. The Labute approximate surface area is 412 Å². The highest BCUT2D eigenvalue weighted by Gasteiger charge is 2.36. The van der Waals surface area contributed by atoms with Crippen LogP contribution >= 0.6 is 25.3 Å². The number of benzene rings is 1. The molecule has 9 atom stereocenters. The number of phenolic OH excluding ortho intramolecular Hbond substituents is 1. The molecule has 0 aromatic heterocycles. The predicted octanol–water partition coefficient (Wildman–Crippen LogP) is -2.17. The maximum absolute atomic E-state index is 13.7. The van der Waals surface area contributed by atoms with E-state index in [4.69, 9.17) is 5.73 Å². The van der Waals surface area contributed by atoms with E-state index in [-0.39, 0.29) is 49.0 Å². The minimum absolute atomic E-state index is 0.00344. The molecule has 0 unspecified atom stereocenters. The van der Waals surface area contributed by atoms with Gasteiger partial charge in [0.1, 0.15) is 54.1 Å². The Kier molecular flexibility index (Phi) is 25.9. The van der Waals surface area contributed by atoms with Gasteiger partial charge in [0.15, 0.2) is 0 Å². The van der Waals surface area contributed by atoms with Gasteiger partial charge in [0, 0.05) is 17.9 Å². The van der Waals surface area contributed by atoms with Crippen molar-refractivity contribution in [2.24, 2.45) is 17.6 Å². The second-order valence-electron chi connectivity index (χ2n) is 17.6. The molecular weight excluding hydrogens is 941 g/mol. The minimum Gasteiger partial charge on any atom is -0.508 e. The molecule has 0 saturated carbocycles. The normalized spacial score (nSPS) is 16.8. The lowest BCUT2D eigenvalue weighted by Crippen LogP contribution is -2.61. The van der Waals surface area contributed by atoms with Gasteiger partial charge in [0.2, 0.25) is 47.3 Å². The van der Waals surface area contributed by atoms with Crippen molar-refractivity contribution in [3.05, 3.63) is 29.8 Å². The van der Waals surface area contributed by atoms with E-state index in [0.29, 0.717) is 31.4 Å². The highest BCUT2D eigenvalue weighted by atomic mass is 32.1. The summed E-state index contributed by atoms with van der Waals surface area (Å²) in [5.41, 5.74) is 6.24. The van der Waals surface area contributed by atoms with Crippen LogP contribution in [-0.2, 0) is 54.4 Å². The number of carbonyl (C=O) groups is 10. The first kappa shape index (κ1) is 59.5. The van der Waals surface area contributed by atoms with Gasteiger partial charge in [-0.1, -0.05) is 39.8 Å². The number of unbranched alkanes of at least 4 members (excludes halogenated alkanes) is 1. The van der Waals surface area contributed by atoms with E-state index in [1.165, 1.54) is 19.1 Å². The van der Waals surface area contributed by atoms with Gasteiger partial charge in [0.25, 0.3) is 0 Å². The molecule has 14 N–H and O–H groups in total. The number of amides is 8. The summed E-state index contributed by atoms with van der Waals surface area (Å²) >= 11 is 8.30. The highest BCUT2D eigenvalue weighted by molar-refractivity contribution is 7.80. The number of hydrogen-bond donors (Lipinski definition) is 15.